The molecule has 0 aliphatic carbocycles. The van der Waals surface area contributed by atoms with Crippen molar-refractivity contribution in [2.75, 3.05) is 0 Å². The first-order valence-corrected chi connectivity index (χ1v) is 13.8. The molecule has 39 heavy (non-hydrogen) atoms. The monoisotopic (exact) mass is 524 g/mol. The van der Waals surface area contributed by atoms with Gasteiger partial charge in [-0.25, -0.2) is 0 Å². The lowest BCUT2D eigenvalue weighted by Gasteiger charge is -2.29. The normalized spacial score (nSPS) is 13.1. The summed E-state index contributed by atoms with van der Waals surface area (Å²) in [5, 5.41) is 19.3. The number of rotatable bonds is 10. The number of hydrogen-bond acceptors (Lipinski definition) is 4. The predicted molar refractivity (Wildman–Crippen MR) is 159 cm³/mol. The average molecular weight is 525 g/mol. The van der Waals surface area contributed by atoms with Crippen LogP contribution in [0.15, 0.2) is 84.9 Å². The van der Waals surface area contributed by atoms with Crippen molar-refractivity contribution in [3.63, 3.8) is 0 Å². The molecule has 4 heteroatoms. The van der Waals surface area contributed by atoms with Crippen molar-refractivity contribution in [3.05, 3.63) is 107 Å². The van der Waals surface area contributed by atoms with Gasteiger partial charge in [-0.2, -0.15) is 0 Å². The third kappa shape index (κ3) is 6.39. The predicted octanol–water partition coefficient (Wildman–Crippen LogP) is 10.0. The van der Waals surface area contributed by atoms with Crippen molar-refractivity contribution >= 4 is 0 Å². The number of phenols is 2. The van der Waals surface area contributed by atoms with E-state index in [-0.39, 0.29) is 16.9 Å². The van der Waals surface area contributed by atoms with Gasteiger partial charge < -0.3 is 19.7 Å². The molecular weight excluding hydrogens is 484 g/mol. The molecule has 0 saturated heterocycles. The van der Waals surface area contributed by atoms with Gasteiger partial charge >= 0.3 is 0 Å². The van der Waals surface area contributed by atoms with Crippen LogP contribution in [0, 0.1) is 0 Å². The van der Waals surface area contributed by atoms with Gasteiger partial charge in [0.15, 0.2) is 0 Å². The molecule has 0 aliphatic rings. The Bertz CT molecular complexity index is 1280. The first-order chi connectivity index (χ1) is 18.6. The standard InChI is InChI=1S/C35H40O4/c1-7-23(3)31-21-25(9-19-33(31)38-29-15-11-27(36)12-16-29)35(5,6)26-10-20-34(32(22-26)24(4)8-2)39-30-17-13-28(37)14-18-30/h9-24,36-37H,7-8H2,1-6H3. The molecule has 4 aromatic carbocycles. The molecule has 0 spiro atoms. The van der Waals surface area contributed by atoms with E-state index in [1.807, 2.05) is 0 Å². The Balaban J connectivity index is 1.70. The molecule has 2 atom stereocenters. The van der Waals surface area contributed by atoms with Crippen LogP contribution in [-0.4, -0.2) is 10.2 Å². The molecule has 0 fully saturated rings. The van der Waals surface area contributed by atoms with Crippen molar-refractivity contribution in [3.8, 4) is 34.5 Å². The summed E-state index contributed by atoms with van der Waals surface area (Å²) in [6.07, 6.45) is 1.99. The molecular formula is C35H40O4. The highest BCUT2D eigenvalue weighted by Gasteiger charge is 2.27. The summed E-state index contributed by atoms with van der Waals surface area (Å²) in [5.74, 6) is 4.17. The molecule has 0 aliphatic heterocycles. The van der Waals surface area contributed by atoms with Crippen LogP contribution in [0.4, 0.5) is 0 Å². The van der Waals surface area contributed by atoms with Crippen molar-refractivity contribution in [2.45, 2.75) is 71.6 Å². The summed E-state index contributed by atoms with van der Waals surface area (Å²) < 4.78 is 12.5. The molecule has 4 rings (SSSR count). The molecule has 4 aromatic rings. The van der Waals surface area contributed by atoms with Crippen LogP contribution >= 0.6 is 0 Å². The van der Waals surface area contributed by atoms with Gasteiger partial charge in [0.1, 0.15) is 34.5 Å². The van der Waals surface area contributed by atoms with E-state index < -0.39 is 0 Å². The lowest BCUT2D eigenvalue weighted by Crippen LogP contribution is -2.20. The van der Waals surface area contributed by atoms with E-state index in [0.717, 1.165) is 24.3 Å². The van der Waals surface area contributed by atoms with Crippen LogP contribution in [0.5, 0.6) is 34.5 Å². The summed E-state index contributed by atoms with van der Waals surface area (Å²) in [5.41, 5.74) is 4.53. The van der Waals surface area contributed by atoms with Crippen LogP contribution in [0.1, 0.15) is 88.5 Å². The highest BCUT2D eigenvalue weighted by molar-refractivity contribution is 5.51. The number of ether oxygens (including phenoxy) is 2. The second-order valence-electron chi connectivity index (χ2n) is 10.9. The zero-order valence-electron chi connectivity index (χ0n) is 23.9. The zero-order chi connectivity index (χ0) is 28.2. The average Bonchev–Trinajstić information content (AvgIpc) is 2.94. The van der Waals surface area contributed by atoms with Gasteiger partial charge in [-0.3, -0.25) is 0 Å². The molecule has 2 unspecified atom stereocenters. The summed E-state index contributed by atoms with van der Waals surface area (Å²) >= 11 is 0. The van der Waals surface area contributed by atoms with Crippen LogP contribution in [0.3, 0.4) is 0 Å². The Morgan fingerprint density at radius 3 is 1.28 bits per heavy atom. The van der Waals surface area contributed by atoms with Gasteiger partial charge in [0.25, 0.3) is 0 Å². The first kappa shape index (κ1) is 28.1. The molecule has 0 radical (unpaired) electrons. The second-order valence-corrected chi connectivity index (χ2v) is 10.9. The molecule has 204 valence electrons. The fraction of sp³-hybridized carbons (Fsp3) is 0.314. The van der Waals surface area contributed by atoms with E-state index in [0.29, 0.717) is 23.3 Å². The summed E-state index contributed by atoms with van der Waals surface area (Å²) in [6, 6.07) is 26.7. The maximum Gasteiger partial charge on any atom is 0.130 e. The fourth-order valence-corrected chi connectivity index (χ4v) is 4.72. The van der Waals surface area contributed by atoms with E-state index in [9.17, 15) is 10.2 Å². The zero-order valence-corrected chi connectivity index (χ0v) is 23.9. The van der Waals surface area contributed by atoms with Gasteiger partial charge in [-0.15, -0.1) is 0 Å². The van der Waals surface area contributed by atoms with Crippen molar-refractivity contribution in [2.24, 2.45) is 0 Å². The molecule has 0 heterocycles. The van der Waals surface area contributed by atoms with Crippen molar-refractivity contribution < 1.29 is 19.7 Å². The topological polar surface area (TPSA) is 58.9 Å². The van der Waals surface area contributed by atoms with Crippen LogP contribution in [0.25, 0.3) is 0 Å². The largest absolute Gasteiger partial charge is 0.508 e. The van der Waals surface area contributed by atoms with E-state index >= 15 is 0 Å². The van der Waals surface area contributed by atoms with Gasteiger partial charge in [0, 0.05) is 5.41 Å². The molecule has 0 saturated carbocycles. The summed E-state index contributed by atoms with van der Waals surface area (Å²) in [4.78, 5) is 0. The minimum atomic E-state index is -0.251. The Kier molecular flexibility index (Phi) is 8.54. The van der Waals surface area contributed by atoms with Crippen molar-refractivity contribution in [1.82, 2.24) is 0 Å². The highest BCUT2D eigenvalue weighted by Crippen LogP contribution is 2.41. The Hall–Kier alpha value is -3.92. The number of phenolic OH excluding ortho intramolecular Hbond substituents is 2. The SMILES string of the molecule is CCC(C)c1cc(C(C)(C)c2ccc(Oc3ccc(O)cc3)c(C(C)CC)c2)ccc1Oc1ccc(O)cc1. The summed E-state index contributed by atoms with van der Waals surface area (Å²) in [6.45, 7) is 13.4. The molecule has 4 nitrogen and oxygen atoms in total. The number of hydrogen-bond donors (Lipinski definition) is 2. The van der Waals surface area contributed by atoms with Crippen LogP contribution in [0.2, 0.25) is 0 Å². The van der Waals surface area contributed by atoms with E-state index in [1.165, 1.54) is 22.3 Å². The first-order valence-electron chi connectivity index (χ1n) is 13.8. The van der Waals surface area contributed by atoms with Gasteiger partial charge in [-0.05, 0) is 108 Å². The Morgan fingerprint density at radius 2 is 0.949 bits per heavy atom. The quantitative estimate of drug-likeness (QED) is 0.217. The summed E-state index contributed by atoms with van der Waals surface area (Å²) in [7, 11) is 0. The molecule has 0 amide bonds. The van der Waals surface area contributed by atoms with Gasteiger partial charge in [0.2, 0.25) is 0 Å². The Morgan fingerprint density at radius 1 is 0.590 bits per heavy atom. The maximum atomic E-state index is 9.64. The minimum Gasteiger partial charge on any atom is -0.508 e. The second kappa shape index (κ2) is 11.9. The number of benzene rings is 4. The fourth-order valence-electron chi connectivity index (χ4n) is 4.72. The molecule has 0 bridgehead atoms. The lowest BCUT2D eigenvalue weighted by molar-refractivity contribution is 0.457. The van der Waals surface area contributed by atoms with E-state index in [2.05, 4.69) is 77.9 Å². The van der Waals surface area contributed by atoms with Crippen LogP contribution < -0.4 is 9.47 Å². The van der Waals surface area contributed by atoms with E-state index in [1.54, 1.807) is 48.5 Å². The highest BCUT2D eigenvalue weighted by atomic mass is 16.5. The third-order valence-electron chi connectivity index (χ3n) is 7.88. The number of aromatic hydroxyl groups is 2. The van der Waals surface area contributed by atoms with Crippen molar-refractivity contribution in [1.29, 1.82) is 0 Å². The van der Waals surface area contributed by atoms with Crippen LogP contribution in [-0.2, 0) is 5.41 Å². The molecule has 2 N–H and O–H groups in total. The Labute approximate surface area is 232 Å². The maximum absolute atomic E-state index is 9.64. The minimum absolute atomic E-state index is 0.220. The van der Waals surface area contributed by atoms with E-state index in [4.69, 9.17) is 9.47 Å². The van der Waals surface area contributed by atoms with Gasteiger partial charge in [0.05, 0.1) is 0 Å². The third-order valence-corrected chi connectivity index (χ3v) is 7.88. The molecule has 0 aromatic heterocycles. The van der Waals surface area contributed by atoms with Gasteiger partial charge in [-0.1, -0.05) is 65.8 Å². The smallest absolute Gasteiger partial charge is 0.130 e. The lowest BCUT2D eigenvalue weighted by atomic mass is 9.75.